The molecular weight excluding hydrogens is 134 g/mol. The molecule has 0 rings (SSSR count). The van der Waals surface area contributed by atoms with E-state index in [2.05, 4.69) is 20.4 Å². The molecule has 11 heavy (non-hydrogen) atoms. The minimum absolute atomic E-state index is 0.355. The molecule has 2 atom stereocenters. The fourth-order valence-corrected chi connectivity index (χ4v) is 1.36. The highest BCUT2D eigenvalue weighted by molar-refractivity contribution is 4.68. The first-order valence-electron chi connectivity index (χ1n) is 4.53. The van der Waals surface area contributed by atoms with Crippen LogP contribution in [0.1, 0.15) is 39.5 Å². The Kier molecular flexibility index (Phi) is 6.24. The van der Waals surface area contributed by atoms with Crippen LogP contribution >= 0.6 is 0 Å². The molecule has 0 aromatic carbocycles. The molecule has 0 aromatic heterocycles. The van der Waals surface area contributed by atoms with Gasteiger partial charge in [0.2, 0.25) is 0 Å². The van der Waals surface area contributed by atoms with Gasteiger partial charge in [-0.15, -0.1) is 6.58 Å². The molecule has 0 radical (unpaired) electrons. The minimum Gasteiger partial charge on any atom is -0.328 e. The maximum Gasteiger partial charge on any atom is 0.00130 e. The Morgan fingerprint density at radius 1 is 1.45 bits per heavy atom. The van der Waals surface area contributed by atoms with Gasteiger partial charge in [0.1, 0.15) is 0 Å². The van der Waals surface area contributed by atoms with E-state index in [0.717, 1.165) is 18.8 Å². The second kappa shape index (κ2) is 6.41. The van der Waals surface area contributed by atoms with Gasteiger partial charge in [-0.05, 0) is 32.1 Å². The van der Waals surface area contributed by atoms with E-state index < -0.39 is 0 Å². The maximum atomic E-state index is 5.68. The van der Waals surface area contributed by atoms with Gasteiger partial charge in [-0.25, -0.2) is 0 Å². The summed E-state index contributed by atoms with van der Waals surface area (Å²) >= 11 is 0. The van der Waals surface area contributed by atoms with Gasteiger partial charge in [0.25, 0.3) is 0 Å². The quantitative estimate of drug-likeness (QED) is 0.463. The molecule has 0 fully saturated rings. The van der Waals surface area contributed by atoms with Crippen molar-refractivity contribution in [2.24, 2.45) is 11.7 Å². The second-order valence-corrected chi connectivity index (χ2v) is 3.54. The number of hydrogen-bond acceptors (Lipinski definition) is 1. The monoisotopic (exact) mass is 155 g/mol. The van der Waals surface area contributed by atoms with Gasteiger partial charge in [-0.2, -0.15) is 0 Å². The molecule has 66 valence electrons. The molecule has 0 saturated heterocycles. The first-order chi connectivity index (χ1) is 5.16. The van der Waals surface area contributed by atoms with Crippen molar-refractivity contribution in [2.45, 2.75) is 45.6 Å². The molecule has 0 spiro atoms. The Labute approximate surface area is 70.7 Å². The van der Waals surface area contributed by atoms with E-state index in [9.17, 15) is 0 Å². The molecule has 0 aliphatic carbocycles. The van der Waals surface area contributed by atoms with E-state index in [1.807, 2.05) is 6.08 Å². The van der Waals surface area contributed by atoms with Gasteiger partial charge in [0.15, 0.2) is 0 Å². The first-order valence-corrected chi connectivity index (χ1v) is 4.53. The van der Waals surface area contributed by atoms with Crippen molar-refractivity contribution in [3.05, 3.63) is 12.7 Å². The molecule has 2 N–H and O–H groups in total. The van der Waals surface area contributed by atoms with Gasteiger partial charge in [0.05, 0.1) is 0 Å². The van der Waals surface area contributed by atoms with Crippen LogP contribution in [0, 0.1) is 5.92 Å². The van der Waals surface area contributed by atoms with E-state index in [4.69, 9.17) is 5.73 Å². The van der Waals surface area contributed by atoms with Crippen LogP contribution in [0.25, 0.3) is 0 Å². The van der Waals surface area contributed by atoms with Crippen molar-refractivity contribution < 1.29 is 0 Å². The van der Waals surface area contributed by atoms with Crippen LogP contribution in [0.3, 0.4) is 0 Å². The van der Waals surface area contributed by atoms with Crippen molar-refractivity contribution in [2.75, 3.05) is 0 Å². The van der Waals surface area contributed by atoms with Gasteiger partial charge in [0, 0.05) is 6.04 Å². The highest BCUT2D eigenvalue weighted by Gasteiger charge is 2.03. The summed E-state index contributed by atoms with van der Waals surface area (Å²) in [5.41, 5.74) is 5.68. The molecule has 2 unspecified atom stereocenters. The summed E-state index contributed by atoms with van der Waals surface area (Å²) in [6.45, 7) is 8.04. The standard InChI is InChI=1S/C10H21N/c1-4-5-6-7-9(2)8-10(3)11/h4,9-10H,1,5-8,11H2,2-3H3. The van der Waals surface area contributed by atoms with E-state index in [1.165, 1.54) is 12.8 Å². The van der Waals surface area contributed by atoms with E-state index in [1.54, 1.807) is 0 Å². The lowest BCUT2D eigenvalue weighted by atomic mass is 9.97. The van der Waals surface area contributed by atoms with Crippen molar-refractivity contribution in [1.82, 2.24) is 0 Å². The average molecular weight is 155 g/mol. The zero-order valence-electron chi connectivity index (χ0n) is 7.84. The molecule has 1 heteroatoms. The van der Waals surface area contributed by atoms with Crippen molar-refractivity contribution >= 4 is 0 Å². The van der Waals surface area contributed by atoms with Crippen LogP contribution in [0.4, 0.5) is 0 Å². The van der Waals surface area contributed by atoms with Crippen molar-refractivity contribution in [3.8, 4) is 0 Å². The predicted octanol–water partition coefficient (Wildman–Crippen LogP) is 2.72. The Bertz CT molecular complexity index is 97.0. The zero-order chi connectivity index (χ0) is 8.69. The molecule has 0 aliphatic rings. The fourth-order valence-electron chi connectivity index (χ4n) is 1.36. The predicted molar refractivity (Wildman–Crippen MR) is 51.5 cm³/mol. The first kappa shape index (κ1) is 10.7. The fraction of sp³-hybridized carbons (Fsp3) is 0.800. The third-order valence-electron chi connectivity index (χ3n) is 1.88. The van der Waals surface area contributed by atoms with Crippen LogP contribution in [0.5, 0.6) is 0 Å². The van der Waals surface area contributed by atoms with Gasteiger partial charge in [-0.1, -0.05) is 19.4 Å². The number of allylic oxidation sites excluding steroid dienone is 1. The Balaban J connectivity index is 3.21. The maximum absolute atomic E-state index is 5.68. The van der Waals surface area contributed by atoms with Crippen LogP contribution in [-0.2, 0) is 0 Å². The number of hydrogen-bond donors (Lipinski definition) is 1. The highest BCUT2D eigenvalue weighted by atomic mass is 14.6. The van der Waals surface area contributed by atoms with Gasteiger partial charge in [-0.3, -0.25) is 0 Å². The Morgan fingerprint density at radius 2 is 2.09 bits per heavy atom. The lowest BCUT2D eigenvalue weighted by Crippen LogP contribution is -2.18. The number of nitrogens with two attached hydrogens (primary N) is 1. The smallest absolute Gasteiger partial charge is 0.00130 e. The zero-order valence-corrected chi connectivity index (χ0v) is 7.84. The summed E-state index contributed by atoms with van der Waals surface area (Å²) in [6, 6.07) is 0.355. The molecule has 0 saturated carbocycles. The SMILES string of the molecule is C=CCCCC(C)CC(C)N. The van der Waals surface area contributed by atoms with Crippen LogP contribution in [-0.4, -0.2) is 6.04 Å². The molecular formula is C10H21N. The normalized spacial score (nSPS) is 15.9. The van der Waals surface area contributed by atoms with E-state index in [-0.39, 0.29) is 0 Å². The largest absolute Gasteiger partial charge is 0.328 e. The van der Waals surface area contributed by atoms with E-state index >= 15 is 0 Å². The number of unbranched alkanes of at least 4 members (excludes halogenated alkanes) is 1. The Morgan fingerprint density at radius 3 is 2.55 bits per heavy atom. The summed E-state index contributed by atoms with van der Waals surface area (Å²) < 4.78 is 0. The summed E-state index contributed by atoms with van der Waals surface area (Å²) in [5, 5.41) is 0. The van der Waals surface area contributed by atoms with Gasteiger partial charge < -0.3 is 5.73 Å². The van der Waals surface area contributed by atoms with Crippen molar-refractivity contribution in [3.63, 3.8) is 0 Å². The lowest BCUT2D eigenvalue weighted by Gasteiger charge is -2.12. The molecule has 0 amide bonds. The molecule has 0 aliphatic heterocycles. The summed E-state index contributed by atoms with van der Waals surface area (Å²) in [5.74, 6) is 0.773. The van der Waals surface area contributed by atoms with E-state index in [0.29, 0.717) is 6.04 Å². The molecule has 0 heterocycles. The van der Waals surface area contributed by atoms with Crippen LogP contribution in [0.15, 0.2) is 12.7 Å². The van der Waals surface area contributed by atoms with Crippen molar-refractivity contribution in [1.29, 1.82) is 0 Å². The third kappa shape index (κ3) is 7.60. The van der Waals surface area contributed by atoms with Crippen LogP contribution in [0.2, 0.25) is 0 Å². The van der Waals surface area contributed by atoms with Gasteiger partial charge >= 0.3 is 0 Å². The topological polar surface area (TPSA) is 26.0 Å². The lowest BCUT2D eigenvalue weighted by molar-refractivity contribution is 0.441. The third-order valence-corrected chi connectivity index (χ3v) is 1.88. The molecule has 0 aromatic rings. The summed E-state index contributed by atoms with van der Waals surface area (Å²) in [7, 11) is 0. The summed E-state index contributed by atoms with van der Waals surface area (Å²) in [6.07, 6.45) is 6.82. The number of rotatable bonds is 6. The average Bonchev–Trinajstić information content (AvgIpc) is 1.86. The molecule has 1 nitrogen and oxygen atoms in total. The summed E-state index contributed by atoms with van der Waals surface area (Å²) in [4.78, 5) is 0. The minimum atomic E-state index is 0.355. The molecule has 0 bridgehead atoms. The Hall–Kier alpha value is -0.300. The second-order valence-electron chi connectivity index (χ2n) is 3.54. The van der Waals surface area contributed by atoms with Crippen LogP contribution < -0.4 is 5.73 Å². The highest BCUT2D eigenvalue weighted by Crippen LogP contribution is 2.12.